The minimum absolute atomic E-state index is 0.183. The molecule has 0 bridgehead atoms. The Hall–Kier alpha value is -1.29. The Morgan fingerprint density at radius 1 is 1.10 bits per heavy atom. The van der Waals surface area contributed by atoms with Crippen molar-refractivity contribution in [3.63, 3.8) is 0 Å². The van der Waals surface area contributed by atoms with E-state index in [1.807, 2.05) is 0 Å². The van der Waals surface area contributed by atoms with Crippen LogP contribution in [0.4, 0.5) is 5.69 Å². The summed E-state index contributed by atoms with van der Waals surface area (Å²) in [6.45, 7) is 3.19. The maximum atomic E-state index is 12.7. The molecule has 1 fully saturated rings. The molecule has 1 amide bonds. The predicted octanol–water partition coefficient (Wildman–Crippen LogP) is 4.13. The Bertz CT molecular complexity index is 958. The average Bonchev–Trinajstić information content (AvgIpc) is 2.71. The van der Waals surface area contributed by atoms with Crippen molar-refractivity contribution >= 4 is 56.6 Å². The Morgan fingerprint density at radius 2 is 1.69 bits per heavy atom. The molecule has 0 aliphatic carbocycles. The van der Waals surface area contributed by atoms with Gasteiger partial charge in [0.2, 0.25) is 15.9 Å². The van der Waals surface area contributed by atoms with E-state index in [2.05, 4.69) is 5.32 Å². The first-order valence-electron chi connectivity index (χ1n) is 8.88. The van der Waals surface area contributed by atoms with E-state index in [-0.39, 0.29) is 10.8 Å². The van der Waals surface area contributed by atoms with Crippen LogP contribution in [-0.2, 0) is 19.6 Å². The summed E-state index contributed by atoms with van der Waals surface area (Å²) in [5.74, 6) is -0.241. The first kappa shape index (κ1) is 22.4. The number of amides is 1. The second kappa shape index (κ2) is 9.68. The fourth-order valence-corrected chi connectivity index (χ4v) is 5.67. The molecule has 1 N–H and O–H groups in total. The number of thioether (sulfide) groups is 1. The van der Waals surface area contributed by atoms with Crippen LogP contribution in [0.25, 0.3) is 0 Å². The normalized spacial score (nSPS) is 16.4. The fraction of sp³-hybridized carbons (Fsp3) is 0.316. The second-order valence-electron chi connectivity index (χ2n) is 6.34. The van der Waals surface area contributed by atoms with Crippen molar-refractivity contribution in [2.24, 2.45) is 0 Å². The van der Waals surface area contributed by atoms with Crippen LogP contribution in [-0.4, -0.2) is 50.2 Å². The lowest BCUT2D eigenvalue weighted by Crippen LogP contribution is -2.40. The Balaban J connectivity index is 1.65. The van der Waals surface area contributed by atoms with Crippen LogP contribution in [0.15, 0.2) is 52.3 Å². The molecule has 0 saturated carbocycles. The van der Waals surface area contributed by atoms with Crippen molar-refractivity contribution in [2.75, 3.05) is 31.6 Å². The van der Waals surface area contributed by atoms with Crippen molar-refractivity contribution in [1.82, 2.24) is 4.31 Å². The summed E-state index contributed by atoms with van der Waals surface area (Å²) in [5.41, 5.74) is 0.508. The van der Waals surface area contributed by atoms with Crippen molar-refractivity contribution in [1.29, 1.82) is 0 Å². The number of rotatable bonds is 6. The molecule has 156 valence electrons. The molecule has 1 atom stereocenters. The van der Waals surface area contributed by atoms with Gasteiger partial charge in [-0.25, -0.2) is 8.42 Å². The van der Waals surface area contributed by atoms with E-state index < -0.39 is 15.3 Å². The number of hydrogen-bond acceptors (Lipinski definition) is 5. The Morgan fingerprint density at radius 3 is 2.28 bits per heavy atom. The molecule has 29 heavy (non-hydrogen) atoms. The number of benzene rings is 2. The summed E-state index contributed by atoms with van der Waals surface area (Å²) in [7, 11) is -3.57. The van der Waals surface area contributed by atoms with Gasteiger partial charge in [0.25, 0.3) is 0 Å². The zero-order valence-electron chi connectivity index (χ0n) is 15.6. The van der Waals surface area contributed by atoms with Crippen LogP contribution >= 0.6 is 35.0 Å². The highest BCUT2D eigenvalue weighted by molar-refractivity contribution is 8.00. The van der Waals surface area contributed by atoms with Gasteiger partial charge in [-0.15, -0.1) is 11.8 Å². The molecule has 0 unspecified atom stereocenters. The summed E-state index contributed by atoms with van der Waals surface area (Å²) in [5, 5.41) is 3.30. The van der Waals surface area contributed by atoms with Gasteiger partial charge in [-0.05, 0) is 43.3 Å². The van der Waals surface area contributed by atoms with Crippen LogP contribution in [0.1, 0.15) is 6.92 Å². The molecule has 0 radical (unpaired) electrons. The SMILES string of the molecule is C[C@@H](Sc1c(Cl)cccc1Cl)C(=O)Nc1ccc(S(=O)(=O)N2CCOCC2)cc1. The quantitative estimate of drug-likeness (QED) is 0.636. The van der Waals surface area contributed by atoms with Gasteiger partial charge in [0.1, 0.15) is 0 Å². The molecule has 0 aromatic heterocycles. The van der Waals surface area contributed by atoms with Gasteiger partial charge in [0.05, 0.1) is 33.4 Å². The van der Waals surface area contributed by atoms with Crippen molar-refractivity contribution in [3.05, 3.63) is 52.5 Å². The highest BCUT2D eigenvalue weighted by Gasteiger charge is 2.26. The minimum Gasteiger partial charge on any atom is -0.379 e. The number of nitrogens with zero attached hydrogens (tertiary/aromatic N) is 1. The lowest BCUT2D eigenvalue weighted by Gasteiger charge is -2.26. The highest BCUT2D eigenvalue weighted by atomic mass is 35.5. The van der Waals surface area contributed by atoms with Crippen LogP contribution in [0.5, 0.6) is 0 Å². The highest BCUT2D eigenvalue weighted by Crippen LogP contribution is 2.36. The first-order valence-corrected chi connectivity index (χ1v) is 12.0. The number of ether oxygens (including phenoxy) is 1. The summed E-state index contributed by atoms with van der Waals surface area (Å²) in [4.78, 5) is 13.3. The molecule has 2 aromatic rings. The van der Waals surface area contributed by atoms with E-state index >= 15 is 0 Å². The maximum Gasteiger partial charge on any atom is 0.243 e. The molecule has 1 saturated heterocycles. The van der Waals surface area contributed by atoms with E-state index in [9.17, 15) is 13.2 Å². The van der Waals surface area contributed by atoms with Crippen LogP contribution in [0, 0.1) is 0 Å². The molecule has 1 aliphatic rings. The number of anilines is 1. The number of sulfonamides is 1. The number of carbonyl (C=O) groups excluding carboxylic acids is 1. The summed E-state index contributed by atoms with van der Waals surface area (Å²) in [6, 6.07) is 11.3. The molecular formula is C19H20Cl2N2O4S2. The molecule has 3 rings (SSSR count). The van der Waals surface area contributed by atoms with Crippen LogP contribution in [0.3, 0.4) is 0 Å². The van der Waals surface area contributed by atoms with E-state index in [1.165, 1.54) is 28.2 Å². The van der Waals surface area contributed by atoms with Crippen LogP contribution < -0.4 is 5.32 Å². The number of halogens is 2. The van der Waals surface area contributed by atoms with Crippen molar-refractivity contribution in [2.45, 2.75) is 22.0 Å². The molecule has 2 aromatic carbocycles. The number of nitrogens with one attached hydrogen (secondary N) is 1. The largest absolute Gasteiger partial charge is 0.379 e. The maximum absolute atomic E-state index is 12.7. The van der Waals surface area contributed by atoms with Crippen LogP contribution in [0.2, 0.25) is 10.0 Å². The van der Waals surface area contributed by atoms with E-state index in [0.29, 0.717) is 46.9 Å². The Labute approximate surface area is 184 Å². The Kier molecular flexibility index (Phi) is 7.47. The van der Waals surface area contributed by atoms with Gasteiger partial charge in [-0.2, -0.15) is 4.31 Å². The monoisotopic (exact) mass is 474 g/mol. The second-order valence-corrected chi connectivity index (χ2v) is 10.4. The molecule has 10 heteroatoms. The van der Waals surface area contributed by atoms with Gasteiger partial charge in [0, 0.05) is 23.7 Å². The van der Waals surface area contributed by atoms with Gasteiger partial charge < -0.3 is 10.1 Å². The van der Waals surface area contributed by atoms with E-state index in [1.54, 1.807) is 37.3 Å². The number of hydrogen-bond donors (Lipinski definition) is 1. The van der Waals surface area contributed by atoms with Gasteiger partial charge in [-0.1, -0.05) is 29.3 Å². The van der Waals surface area contributed by atoms with Gasteiger partial charge in [0.15, 0.2) is 0 Å². The molecule has 1 aliphatic heterocycles. The standard InChI is InChI=1S/C19H20Cl2N2O4S2/c1-13(28-18-16(20)3-2-4-17(18)21)19(24)22-14-5-7-15(8-6-14)29(25,26)23-9-11-27-12-10-23/h2-8,13H,9-12H2,1H3,(H,22,24)/t13-/m1/s1. The predicted molar refractivity (Wildman–Crippen MR) is 116 cm³/mol. The smallest absolute Gasteiger partial charge is 0.243 e. The molecule has 1 heterocycles. The fourth-order valence-electron chi connectivity index (χ4n) is 2.72. The zero-order valence-corrected chi connectivity index (χ0v) is 18.7. The average molecular weight is 475 g/mol. The topological polar surface area (TPSA) is 75.7 Å². The third-order valence-corrected chi connectivity index (χ3v) is 8.32. The minimum atomic E-state index is -3.57. The van der Waals surface area contributed by atoms with Gasteiger partial charge >= 0.3 is 0 Å². The zero-order chi connectivity index (χ0) is 21.0. The molecule has 0 spiro atoms. The van der Waals surface area contributed by atoms with E-state index in [4.69, 9.17) is 27.9 Å². The molecular weight excluding hydrogens is 455 g/mol. The van der Waals surface area contributed by atoms with Gasteiger partial charge in [-0.3, -0.25) is 4.79 Å². The lowest BCUT2D eigenvalue weighted by atomic mass is 10.3. The number of morpholine rings is 1. The summed E-state index contributed by atoms with van der Waals surface area (Å²) >= 11 is 13.6. The first-order chi connectivity index (χ1) is 13.8. The van der Waals surface area contributed by atoms with Crippen molar-refractivity contribution < 1.29 is 17.9 Å². The third-order valence-electron chi connectivity index (χ3n) is 4.31. The van der Waals surface area contributed by atoms with E-state index in [0.717, 1.165) is 0 Å². The third kappa shape index (κ3) is 5.45. The molecule has 6 nitrogen and oxygen atoms in total. The summed E-state index contributed by atoms with van der Waals surface area (Å²) in [6.07, 6.45) is 0. The lowest BCUT2D eigenvalue weighted by molar-refractivity contribution is -0.115. The number of carbonyl (C=O) groups is 1. The summed E-state index contributed by atoms with van der Waals surface area (Å²) < 4.78 is 31.9. The van der Waals surface area contributed by atoms with Crippen molar-refractivity contribution in [3.8, 4) is 0 Å².